The van der Waals surface area contributed by atoms with Crippen LogP contribution >= 0.6 is 0 Å². The van der Waals surface area contributed by atoms with Crippen LogP contribution in [0.25, 0.3) is 0 Å². The summed E-state index contributed by atoms with van der Waals surface area (Å²) in [6, 6.07) is -0.856. The lowest BCUT2D eigenvalue weighted by Crippen LogP contribution is -2.46. The molecule has 1 saturated carbocycles. The van der Waals surface area contributed by atoms with Gasteiger partial charge in [-0.05, 0) is 32.6 Å². The number of hydrogen-bond acceptors (Lipinski definition) is 3. The summed E-state index contributed by atoms with van der Waals surface area (Å²) < 4.78 is 52.1. The molecule has 8 heteroatoms. The number of amides is 1. The second-order valence-electron chi connectivity index (χ2n) is 5.31. The van der Waals surface area contributed by atoms with Gasteiger partial charge in [-0.1, -0.05) is 0 Å². The van der Waals surface area contributed by atoms with E-state index in [1.54, 1.807) is 6.92 Å². The number of sulfonamides is 1. The normalized spacial score (nSPS) is 21.4. The van der Waals surface area contributed by atoms with E-state index in [4.69, 9.17) is 0 Å². The first-order chi connectivity index (χ1) is 9.15. The minimum atomic E-state index is -3.64. The third-order valence-electron chi connectivity index (χ3n) is 3.39. The number of halogens is 2. The van der Waals surface area contributed by atoms with Crippen LogP contribution in [0.3, 0.4) is 0 Å². The highest BCUT2D eigenvalue weighted by atomic mass is 32.2. The molecule has 1 rings (SSSR count). The van der Waals surface area contributed by atoms with Gasteiger partial charge in [0.05, 0.1) is 11.8 Å². The Bertz CT molecular complexity index is 430. The molecule has 1 atom stereocenters. The molecule has 0 saturated heterocycles. The highest BCUT2D eigenvalue weighted by molar-refractivity contribution is 7.89. The van der Waals surface area contributed by atoms with Crippen molar-refractivity contribution in [1.29, 1.82) is 0 Å². The summed E-state index contributed by atoms with van der Waals surface area (Å²) in [5, 5.41) is 2.52. The van der Waals surface area contributed by atoms with E-state index in [9.17, 15) is 22.0 Å². The van der Waals surface area contributed by atoms with Crippen LogP contribution in [0.1, 0.15) is 39.5 Å². The van der Waals surface area contributed by atoms with Crippen LogP contribution in [0.4, 0.5) is 8.78 Å². The van der Waals surface area contributed by atoms with Gasteiger partial charge in [-0.15, -0.1) is 0 Å². The summed E-state index contributed by atoms with van der Waals surface area (Å²) in [6.07, 6.45) is -0.134. The maximum absolute atomic E-state index is 13.0. The number of hydrogen-bond donors (Lipinski definition) is 2. The molecule has 0 aromatic rings. The lowest BCUT2D eigenvalue weighted by Gasteiger charge is -2.28. The van der Waals surface area contributed by atoms with Crippen molar-refractivity contribution >= 4 is 15.9 Å². The monoisotopic (exact) mass is 312 g/mol. The Morgan fingerprint density at radius 1 is 1.35 bits per heavy atom. The van der Waals surface area contributed by atoms with Crippen molar-refractivity contribution in [3.63, 3.8) is 0 Å². The van der Waals surface area contributed by atoms with Crippen LogP contribution in [0.5, 0.6) is 0 Å². The number of alkyl halides is 2. The van der Waals surface area contributed by atoms with Crippen molar-refractivity contribution < 1.29 is 22.0 Å². The van der Waals surface area contributed by atoms with Gasteiger partial charge in [0.1, 0.15) is 0 Å². The van der Waals surface area contributed by atoms with Crippen LogP contribution in [0.15, 0.2) is 0 Å². The zero-order valence-corrected chi connectivity index (χ0v) is 12.6. The van der Waals surface area contributed by atoms with Crippen molar-refractivity contribution in [1.82, 2.24) is 10.0 Å². The summed E-state index contributed by atoms with van der Waals surface area (Å²) in [7, 11) is -3.64. The maximum atomic E-state index is 13.0. The van der Waals surface area contributed by atoms with Crippen LogP contribution in [-0.2, 0) is 14.8 Å². The molecule has 1 unspecified atom stereocenters. The van der Waals surface area contributed by atoms with Gasteiger partial charge in [-0.3, -0.25) is 4.79 Å². The molecule has 0 radical (unpaired) electrons. The minimum absolute atomic E-state index is 0.198. The Kier molecular flexibility index (Phi) is 5.88. The van der Waals surface area contributed by atoms with E-state index < -0.39 is 27.9 Å². The average molecular weight is 312 g/mol. The van der Waals surface area contributed by atoms with E-state index >= 15 is 0 Å². The second kappa shape index (κ2) is 6.80. The van der Waals surface area contributed by atoms with Gasteiger partial charge in [0.25, 0.3) is 0 Å². The molecular formula is C12H22F2N2O3S. The van der Waals surface area contributed by atoms with Crippen molar-refractivity contribution in [2.24, 2.45) is 5.92 Å². The molecule has 1 aliphatic rings. The van der Waals surface area contributed by atoms with Gasteiger partial charge >= 0.3 is 0 Å². The molecule has 0 aliphatic heterocycles. The SMILES string of the molecule is CCNC(=O)C(C)NS(=O)(=O)CC1CCC(F)(F)CC1. The van der Waals surface area contributed by atoms with E-state index in [1.807, 2.05) is 0 Å². The zero-order chi connectivity index (χ0) is 15.4. The van der Waals surface area contributed by atoms with Crippen molar-refractivity contribution in [3.8, 4) is 0 Å². The molecular weight excluding hydrogens is 290 g/mol. The fourth-order valence-corrected chi connectivity index (χ4v) is 3.97. The number of likely N-dealkylation sites (N-methyl/N-ethyl adjacent to an activating group) is 1. The lowest BCUT2D eigenvalue weighted by molar-refractivity contribution is -0.122. The number of carbonyl (C=O) groups is 1. The second-order valence-corrected chi connectivity index (χ2v) is 7.11. The van der Waals surface area contributed by atoms with Crippen LogP contribution in [0.2, 0.25) is 0 Å². The fourth-order valence-electron chi connectivity index (χ4n) is 2.28. The highest BCUT2D eigenvalue weighted by Gasteiger charge is 2.36. The van der Waals surface area contributed by atoms with Crippen LogP contribution in [0, 0.1) is 5.92 Å². The Morgan fingerprint density at radius 2 is 1.90 bits per heavy atom. The topological polar surface area (TPSA) is 75.3 Å². The summed E-state index contributed by atoms with van der Waals surface area (Å²) >= 11 is 0. The zero-order valence-electron chi connectivity index (χ0n) is 11.8. The fraction of sp³-hybridized carbons (Fsp3) is 0.917. The Morgan fingerprint density at radius 3 is 2.40 bits per heavy atom. The molecule has 1 amide bonds. The van der Waals surface area contributed by atoms with Crippen molar-refractivity contribution in [2.45, 2.75) is 51.5 Å². The first-order valence-electron chi connectivity index (χ1n) is 6.81. The molecule has 0 bridgehead atoms. The molecule has 0 heterocycles. The molecule has 118 valence electrons. The molecule has 5 nitrogen and oxygen atoms in total. The average Bonchev–Trinajstić information content (AvgIpc) is 2.31. The third kappa shape index (κ3) is 5.70. The standard InChI is InChI=1S/C12H22F2N2O3S/c1-3-15-11(17)9(2)16-20(18,19)8-10-4-6-12(13,14)7-5-10/h9-10,16H,3-8H2,1-2H3,(H,15,17). The van der Waals surface area contributed by atoms with E-state index in [0.717, 1.165) is 0 Å². The predicted octanol–water partition coefficient (Wildman–Crippen LogP) is 1.26. The number of carbonyl (C=O) groups excluding carboxylic acids is 1. The largest absolute Gasteiger partial charge is 0.355 e. The van der Waals surface area contributed by atoms with Crippen molar-refractivity contribution in [3.05, 3.63) is 0 Å². The van der Waals surface area contributed by atoms with Crippen LogP contribution in [-0.4, -0.2) is 38.6 Å². The number of nitrogens with one attached hydrogen (secondary N) is 2. The van der Waals surface area contributed by atoms with Crippen molar-refractivity contribution in [2.75, 3.05) is 12.3 Å². The predicted molar refractivity (Wildman–Crippen MR) is 72.0 cm³/mol. The molecule has 2 N–H and O–H groups in total. The smallest absolute Gasteiger partial charge is 0.248 e. The quantitative estimate of drug-likeness (QED) is 0.775. The van der Waals surface area contributed by atoms with Crippen LogP contribution < -0.4 is 10.0 Å². The lowest BCUT2D eigenvalue weighted by atomic mass is 9.88. The molecule has 0 spiro atoms. The van der Waals surface area contributed by atoms with Gasteiger partial charge < -0.3 is 5.32 Å². The molecule has 1 aliphatic carbocycles. The first-order valence-corrected chi connectivity index (χ1v) is 8.46. The third-order valence-corrected chi connectivity index (χ3v) is 5.02. The van der Waals surface area contributed by atoms with Gasteiger partial charge in [-0.25, -0.2) is 21.9 Å². The van der Waals surface area contributed by atoms with E-state index in [1.165, 1.54) is 6.92 Å². The molecule has 1 fully saturated rings. The minimum Gasteiger partial charge on any atom is -0.355 e. The first kappa shape index (κ1) is 17.3. The molecule has 0 aromatic carbocycles. The maximum Gasteiger partial charge on any atom is 0.248 e. The van der Waals surface area contributed by atoms with Gasteiger partial charge in [-0.2, -0.15) is 0 Å². The van der Waals surface area contributed by atoms with Gasteiger partial charge in [0, 0.05) is 19.4 Å². The Hall–Kier alpha value is -0.760. The molecule has 0 aromatic heterocycles. The summed E-state index contributed by atoms with van der Waals surface area (Å²) in [6.45, 7) is 3.61. The highest BCUT2D eigenvalue weighted by Crippen LogP contribution is 2.36. The number of rotatable bonds is 6. The summed E-state index contributed by atoms with van der Waals surface area (Å²) in [4.78, 5) is 11.5. The van der Waals surface area contributed by atoms with E-state index in [-0.39, 0.29) is 37.4 Å². The summed E-state index contributed by atoms with van der Waals surface area (Å²) in [5.74, 6) is -3.53. The summed E-state index contributed by atoms with van der Waals surface area (Å²) in [5.41, 5.74) is 0. The van der Waals surface area contributed by atoms with Gasteiger partial charge in [0.15, 0.2) is 0 Å². The Balaban J connectivity index is 2.48. The van der Waals surface area contributed by atoms with E-state index in [2.05, 4.69) is 10.0 Å². The van der Waals surface area contributed by atoms with E-state index in [0.29, 0.717) is 6.54 Å². The Labute approximate surface area is 118 Å². The van der Waals surface area contributed by atoms with Gasteiger partial charge in [0.2, 0.25) is 21.9 Å². The molecule has 20 heavy (non-hydrogen) atoms.